The summed E-state index contributed by atoms with van der Waals surface area (Å²) in [5.74, 6) is 0.882. The van der Waals surface area contributed by atoms with Crippen LogP contribution in [0.2, 0.25) is 0 Å². The first-order chi connectivity index (χ1) is 14.3. The first-order valence-electron chi connectivity index (χ1n) is 9.58. The van der Waals surface area contributed by atoms with Gasteiger partial charge in [0.2, 0.25) is 0 Å². The predicted molar refractivity (Wildman–Crippen MR) is 126 cm³/mol. The summed E-state index contributed by atoms with van der Waals surface area (Å²) in [5.41, 5.74) is 5.06. The molecule has 0 radical (unpaired) electrons. The van der Waals surface area contributed by atoms with E-state index in [-0.39, 0.29) is 0 Å². The fourth-order valence-corrected chi connectivity index (χ4v) is 3.13. The van der Waals surface area contributed by atoms with Crippen molar-refractivity contribution in [3.63, 3.8) is 0 Å². The number of para-hydroxylation sites is 3. The van der Waals surface area contributed by atoms with Gasteiger partial charge in [-0.05, 0) is 48.9 Å². The van der Waals surface area contributed by atoms with E-state index in [2.05, 4.69) is 34.3 Å². The van der Waals surface area contributed by atoms with E-state index in [9.17, 15) is 0 Å². The standard InChI is InChI=1S/C26H25N3/c1-4-13-21(14-5-2)23(27-3)17-10-12-20-26-28-24-18-9-11-19-25(24)29(26)22-15-7-6-8-16-22/h4-20H,1H2,2-3H3/b14-5-,17-10+,20-12+,21-13+,27-23?. The molecule has 3 rings (SSSR count). The number of hydrogen-bond acceptors (Lipinski definition) is 2. The van der Waals surface area contributed by atoms with E-state index in [1.54, 1.807) is 13.1 Å². The van der Waals surface area contributed by atoms with Gasteiger partial charge in [-0.25, -0.2) is 4.98 Å². The zero-order valence-corrected chi connectivity index (χ0v) is 16.9. The molecule has 0 aliphatic carbocycles. The van der Waals surface area contributed by atoms with E-state index >= 15 is 0 Å². The number of aliphatic imine (C=N–C) groups is 1. The third-order valence-electron chi connectivity index (χ3n) is 4.39. The summed E-state index contributed by atoms with van der Waals surface area (Å²) in [7, 11) is 1.79. The Labute approximate surface area is 172 Å². The molecule has 0 N–H and O–H groups in total. The third-order valence-corrected chi connectivity index (χ3v) is 4.39. The lowest BCUT2D eigenvalue weighted by Gasteiger charge is -2.06. The number of rotatable bonds is 7. The zero-order valence-electron chi connectivity index (χ0n) is 16.9. The molecule has 0 saturated heterocycles. The minimum atomic E-state index is 0.882. The fourth-order valence-electron chi connectivity index (χ4n) is 3.13. The van der Waals surface area contributed by atoms with Gasteiger partial charge in [0, 0.05) is 12.7 Å². The van der Waals surface area contributed by atoms with Gasteiger partial charge in [-0.3, -0.25) is 9.56 Å². The van der Waals surface area contributed by atoms with Crippen molar-refractivity contribution in [1.29, 1.82) is 0 Å². The second-order valence-corrected chi connectivity index (χ2v) is 6.31. The number of nitrogens with zero attached hydrogens (tertiary/aromatic N) is 3. The van der Waals surface area contributed by atoms with Crippen molar-refractivity contribution >= 4 is 22.8 Å². The maximum atomic E-state index is 4.80. The summed E-state index contributed by atoms with van der Waals surface area (Å²) < 4.78 is 2.16. The Kier molecular flexibility index (Phi) is 6.90. The highest BCUT2D eigenvalue weighted by Crippen LogP contribution is 2.22. The lowest BCUT2D eigenvalue weighted by Crippen LogP contribution is -1.97. The minimum absolute atomic E-state index is 0.882. The summed E-state index contributed by atoms with van der Waals surface area (Å²) >= 11 is 0. The van der Waals surface area contributed by atoms with E-state index in [0.29, 0.717) is 0 Å². The molecular weight excluding hydrogens is 354 g/mol. The lowest BCUT2D eigenvalue weighted by molar-refractivity contribution is 1.07. The molecule has 0 aliphatic heterocycles. The molecular formula is C26H25N3. The summed E-state index contributed by atoms with van der Waals surface area (Å²) in [6.07, 6.45) is 15.7. The van der Waals surface area contributed by atoms with Crippen molar-refractivity contribution in [2.45, 2.75) is 6.92 Å². The Bertz CT molecular complexity index is 1120. The monoisotopic (exact) mass is 379 g/mol. The SMILES string of the molecule is C=C/C=C(\C=C/C)C(/C=C/C=C/c1nc2ccccc2n1-c1ccccc1)=NC. The second kappa shape index (κ2) is 10.00. The van der Waals surface area contributed by atoms with E-state index in [1.165, 1.54) is 0 Å². The second-order valence-electron chi connectivity index (χ2n) is 6.31. The van der Waals surface area contributed by atoms with Gasteiger partial charge in [0.15, 0.2) is 0 Å². The smallest absolute Gasteiger partial charge is 0.138 e. The molecule has 1 aromatic heterocycles. The van der Waals surface area contributed by atoms with Gasteiger partial charge in [-0.1, -0.05) is 73.4 Å². The summed E-state index contributed by atoms with van der Waals surface area (Å²) in [4.78, 5) is 9.17. The lowest BCUT2D eigenvalue weighted by atomic mass is 10.1. The van der Waals surface area contributed by atoms with Crippen LogP contribution in [0, 0.1) is 0 Å². The van der Waals surface area contributed by atoms with Gasteiger partial charge in [-0.2, -0.15) is 0 Å². The van der Waals surface area contributed by atoms with Crippen LogP contribution in [-0.2, 0) is 0 Å². The number of imidazole rings is 1. The Morgan fingerprint density at radius 3 is 2.48 bits per heavy atom. The van der Waals surface area contributed by atoms with Crippen molar-refractivity contribution < 1.29 is 0 Å². The first kappa shape index (κ1) is 20.0. The number of hydrogen-bond donors (Lipinski definition) is 0. The average Bonchev–Trinajstić information content (AvgIpc) is 3.13. The Hall–Kier alpha value is -3.72. The van der Waals surface area contributed by atoms with Gasteiger partial charge >= 0.3 is 0 Å². The molecule has 0 atom stereocenters. The van der Waals surface area contributed by atoms with Gasteiger partial charge < -0.3 is 0 Å². The Morgan fingerprint density at radius 2 is 1.76 bits per heavy atom. The summed E-state index contributed by atoms with van der Waals surface area (Å²) in [6.45, 7) is 5.77. The number of fused-ring (bicyclic) bond motifs is 1. The fraction of sp³-hybridized carbons (Fsp3) is 0.0769. The number of benzene rings is 2. The largest absolute Gasteiger partial charge is 0.293 e. The third kappa shape index (κ3) is 4.77. The molecule has 0 fully saturated rings. The van der Waals surface area contributed by atoms with E-state index in [1.807, 2.05) is 85.9 Å². The average molecular weight is 380 g/mol. The van der Waals surface area contributed by atoms with Crippen LogP contribution in [0.25, 0.3) is 22.8 Å². The molecule has 0 saturated carbocycles. The molecule has 0 bridgehead atoms. The van der Waals surface area contributed by atoms with Crippen LogP contribution < -0.4 is 0 Å². The van der Waals surface area contributed by atoms with E-state index < -0.39 is 0 Å². The van der Waals surface area contributed by atoms with E-state index in [4.69, 9.17) is 4.98 Å². The highest BCUT2D eigenvalue weighted by Gasteiger charge is 2.09. The number of aromatic nitrogens is 2. The minimum Gasteiger partial charge on any atom is -0.293 e. The highest BCUT2D eigenvalue weighted by molar-refractivity contribution is 6.10. The molecule has 144 valence electrons. The molecule has 3 aromatic rings. The van der Waals surface area contributed by atoms with Crippen LogP contribution in [0.5, 0.6) is 0 Å². The molecule has 0 spiro atoms. The molecule has 3 nitrogen and oxygen atoms in total. The van der Waals surface area contributed by atoms with Crippen molar-refractivity contribution in [3.8, 4) is 5.69 Å². The number of allylic oxidation sites excluding steroid dienone is 8. The molecule has 2 aromatic carbocycles. The molecule has 0 unspecified atom stereocenters. The topological polar surface area (TPSA) is 30.2 Å². The van der Waals surface area contributed by atoms with Crippen LogP contribution in [0.1, 0.15) is 12.7 Å². The summed E-state index contributed by atoms with van der Waals surface area (Å²) in [5, 5.41) is 0. The van der Waals surface area contributed by atoms with Gasteiger partial charge in [0.05, 0.1) is 16.7 Å². The quantitative estimate of drug-likeness (QED) is 0.347. The maximum Gasteiger partial charge on any atom is 0.138 e. The normalized spacial score (nSPS) is 13.3. The van der Waals surface area contributed by atoms with Crippen LogP contribution in [0.3, 0.4) is 0 Å². The Morgan fingerprint density at radius 1 is 1.00 bits per heavy atom. The van der Waals surface area contributed by atoms with Crippen LogP contribution in [0.4, 0.5) is 0 Å². The molecule has 0 amide bonds. The van der Waals surface area contributed by atoms with Gasteiger partial charge in [0.1, 0.15) is 5.82 Å². The maximum absolute atomic E-state index is 4.80. The van der Waals surface area contributed by atoms with Crippen molar-refractivity contribution in [2.24, 2.45) is 4.99 Å². The van der Waals surface area contributed by atoms with Crippen LogP contribution in [0.15, 0.2) is 114 Å². The molecule has 0 aliphatic rings. The van der Waals surface area contributed by atoms with Crippen molar-refractivity contribution in [3.05, 3.63) is 115 Å². The van der Waals surface area contributed by atoms with Crippen molar-refractivity contribution in [2.75, 3.05) is 7.05 Å². The molecule has 29 heavy (non-hydrogen) atoms. The molecule has 3 heteroatoms. The first-order valence-corrected chi connectivity index (χ1v) is 9.58. The van der Waals surface area contributed by atoms with E-state index in [0.717, 1.165) is 33.8 Å². The van der Waals surface area contributed by atoms with Crippen molar-refractivity contribution in [1.82, 2.24) is 9.55 Å². The molecule has 1 heterocycles. The Balaban J connectivity index is 1.94. The van der Waals surface area contributed by atoms with Crippen LogP contribution in [-0.4, -0.2) is 22.3 Å². The van der Waals surface area contributed by atoms with Gasteiger partial charge in [-0.15, -0.1) is 0 Å². The predicted octanol–water partition coefficient (Wildman–Crippen LogP) is 6.35. The van der Waals surface area contributed by atoms with Gasteiger partial charge in [0.25, 0.3) is 0 Å². The highest BCUT2D eigenvalue weighted by atomic mass is 15.1. The summed E-state index contributed by atoms with van der Waals surface area (Å²) in [6, 6.07) is 18.4. The van der Waals surface area contributed by atoms with Crippen LogP contribution >= 0.6 is 0 Å². The zero-order chi connectivity index (χ0) is 20.5.